The van der Waals surface area contributed by atoms with Crippen LogP contribution in [-0.4, -0.2) is 33.3 Å². The van der Waals surface area contributed by atoms with Crippen molar-refractivity contribution < 1.29 is 22.8 Å². The molecule has 0 amide bonds. The van der Waals surface area contributed by atoms with E-state index in [1.165, 1.54) is 6.92 Å². The number of hydrogen-bond donors (Lipinski definition) is 1. The van der Waals surface area contributed by atoms with Gasteiger partial charge in [-0.1, -0.05) is 18.5 Å². The van der Waals surface area contributed by atoms with Crippen molar-refractivity contribution in [1.82, 2.24) is 10.1 Å². The second-order valence-electron chi connectivity index (χ2n) is 4.62. The molecule has 0 saturated carbocycles. The summed E-state index contributed by atoms with van der Waals surface area (Å²) in [7, 11) is 0. The van der Waals surface area contributed by atoms with Gasteiger partial charge in [0.25, 0.3) is 0 Å². The van der Waals surface area contributed by atoms with Gasteiger partial charge in [-0.25, -0.2) is 0 Å². The van der Waals surface area contributed by atoms with Crippen LogP contribution < -0.4 is 0 Å². The lowest BCUT2D eigenvalue weighted by Gasteiger charge is -2.18. The van der Waals surface area contributed by atoms with E-state index in [1.54, 1.807) is 11.8 Å². The number of aliphatic hydroxyl groups excluding tert-OH is 1. The van der Waals surface area contributed by atoms with Gasteiger partial charge in [0.2, 0.25) is 5.89 Å². The summed E-state index contributed by atoms with van der Waals surface area (Å²) in [6.45, 7) is 1.23. The first kappa shape index (κ1) is 14.6. The van der Waals surface area contributed by atoms with Gasteiger partial charge in [-0.05, 0) is 18.6 Å². The van der Waals surface area contributed by atoms with E-state index in [0.29, 0.717) is 5.82 Å². The molecule has 2 rings (SSSR count). The predicted octanol–water partition coefficient (Wildman–Crippen LogP) is 3.05. The molecule has 4 nitrogen and oxygen atoms in total. The van der Waals surface area contributed by atoms with Crippen LogP contribution in [-0.2, 0) is 0 Å². The van der Waals surface area contributed by atoms with Crippen molar-refractivity contribution in [3.63, 3.8) is 0 Å². The van der Waals surface area contributed by atoms with E-state index in [1.807, 2.05) is 0 Å². The standard InChI is InChI=1S/C11H15F3N2O2S/c1-6(8(17)11(12,13)14)10-15-9(16-18-10)7-4-2-3-5-19-7/h6-8,17H,2-5H2,1H3. The fraction of sp³-hybridized carbons (Fsp3) is 0.818. The summed E-state index contributed by atoms with van der Waals surface area (Å²) < 4.78 is 42.1. The molecule has 1 saturated heterocycles. The Labute approximate surface area is 112 Å². The summed E-state index contributed by atoms with van der Waals surface area (Å²) in [5.41, 5.74) is 0. The lowest BCUT2D eigenvalue weighted by Crippen LogP contribution is -2.33. The molecule has 2 heterocycles. The molecule has 0 radical (unpaired) electrons. The maximum Gasteiger partial charge on any atom is 0.415 e. The topological polar surface area (TPSA) is 59.2 Å². The van der Waals surface area contributed by atoms with Gasteiger partial charge in [0, 0.05) is 0 Å². The molecule has 3 atom stereocenters. The molecule has 8 heteroatoms. The highest BCUT2D eigenvalue weighted by atomic mass is 32.2. The van der Waals surface area contributed by atoms with E-state index >= 15 is 0 Å². The quantitative estimate of drug-likeness (QED) is 0.929. The van der Waals surface area contributed by atoms with Gasteiger partial charge >= 0.3 is 6.18 Å². The Morgan fingerprint density at radius 3 is 2.74 bits per heavy atom. The van der Waals surface area contributed by atoms with Crippen LogP contribution in [0.15, 0.2) is 4.52 Å². The molecular weight excluding hydrogens is 281 g/mol. The van der Waals surface area contributed by atoms with Crippen LogP contribution >= 0.6 is 11.8 Å². The van der Waals surface area contributed by atoms with E-state index in [0.717, 1.165) is 25.0 Å². The molecule has 1 N–H and O–H groups in total. The van der Waals surface area contributed by atoms with Gasteiger partial charge in [-0.2, -0.15) is 29.9 Å². The second-order valence-corrected chi connectivity index (χ2v) is 5.93. The van der Waals surface area contributed by atoms with Crippen LogP contribution in [0, 0.1) is 0 Å². The second kappa shape index (κ2) is 5.70. The Bertz CT molecular complexity index is 418. The minimum Gasteiger partial charge on any atom is -0.383 e. The fourth-order valence-corrected chi connectivity index (χ4v) is 3.16. The molecule has 1 fully saturated rings. The third-order valence-corrected chi connectivity index (χ3v) is 4.50. The summed E-state index contributed by atoms with van der Waals surface area (Å²) in [6.07, 6.45) is -4.08. The molecule has 1 aliphatic heterocycles. The molecule has 1 aliphatic rings. The Morgan fingerprint density at radius 2 is 2.16 bits per heavy atom. The van der Waals surface area contributed by atoms with E-state index in [2.05, 4.69) is 10.1 Å². The van der Waals surface area contributed by atoms with Crippen LogP contribution in [0.2, 0.25) is 0 Å². The minimum atomic E-state index is -4.69. The number of nitrogens with zero attached hydrogens (tertiary/aromatic N) is 2. The first-order valence-corrected chi connectivity index (χ1v) is 7.14. The van der Waals surface area contributed by atoms with Crippen LogP contribution in [0.5, 0.6) is 0 Å². The van der Waals surface area contributed by atoms with Crippen LogP contribution in [0.1, 0.15) is 49.1 Å². The number of thioether (sulfide) groups is 1. The van der Waals surface area contributed by atoms with E-state index < -0.39 is 18.2 Å². The summed E-state index contributed by atoms with van der Waals surface area (Å²) in [5.74, 6) is 0.0108. The van der Waals surface area contributed by atoms with Gasteiger partial charge in [-0.15, -0.1) is 0 Å². The smallest absolute Gasteiger partial charge is 0.383 e. The summed E-state index contributed by atoms with van der Waals surface area (Å²) in [5, 5.41) is 13.0. The molecule has 1 aromatic rings. The molecular formula is C11H15F3N2O2S. The summed E-state index contributed by atoms with van der Waals surface area (Å²) >= 11 is 1.69. The van der Waals surface area contributed by atoms with Crippen LogP contribution in [0.25, 0.3) is 0 Å². The maximum absolute atomic E-state index is 12.4. The fourth-order valence-electron chi connectivity index (χ4n) is 1.93. The summed E-state index contributed by atoms with van der Waals surface area (Å²) in [4.78, 5) is 4.01. The normalized spacial score (nSPS) is 24.2. The minimum absolute atomic E-state index is 0.0847. The molecule has 3 unspecified atom stereocenters. The largest absolute Gasteiger partial charge is 0.415 e. The highest BCUT2D eigenvalue weighted by Gasteiger charge is 2.44. The Balaban J connectivity index is 2.07. The SMILES string of the molecule is CC(c1nc(C2CCCCS2)no1)C(O)C(F)(F)F. The van der Waals surface area contributed by atoms with Gasteiger partial charge in [0.15, 0.2) is 11.9 Å². The van der Waals surface area contributed by atoms with Crippen molar-refractivity contribution in [1.29, 1.82) is 0 Å². The van der Waals surface area contributed by atoms with Crippen molar-refractivity contribution in [3.8, 4) is 0 Å². The van der Waals surface area contributed by atoms with E-state index in [-0.39, 0.29) is 11.1 Å². The number of hydrogen-bond acceptors (Lipinski definition) is 5. The molecule has 0 aromatic carbocycles. The molecule has 19 heavy (non-hydrogen) atoms. The zero-order chi connectivity index (χ0) is 14.0. The van der Waals surface area contributed by atoms with Crippen molar-refractivity contribution in [2.45, 2.75) is 49.6 Å². The van der Waals surface area contributed by atoms with Gasteiger partial charge in [0.1, 0.15) is 0 Å². The zero-order valence-electron chi connectivity index (χ0n) is 10.4. The Morgan fingerprint density at radius 1 is 1.42 bits per heavy atom. The number of aliphatic hydroxyl groups is 1. The van der Waals surface area contributed by atoms with Crippen LogP contribution in [0.3, 0.4) is 0 Å². The molecule has 0 spiro atoms. The molecule has 0 bridgehead atoms. The third kappa shape index (κ3) is 3.42. The Kier molecular flexibility index (Phi) is 4.39. The summed E-state index contributed by atoms with van der Waals surface area (Å²) in [6, 6.07) is 0. The van der Waals surface area contributed by atoms with Crippen molar-refractivity contribution in [3.05, 3.63) is 11.7 Å². The zero-order valence-corrected chi connectivity index (χ0v) is 11.2. The van der Waals surface area contributed by atoms with Crippen molar-refractivity contribution >= 4 is 11.8 Å². The maximum atomic E-state index is 12.4. The molecule has 1 aromatic heterocycles. The highest BCUT2D eigenvalue weighted by Crippen LogP contribution is 2.38. The van der Waals surface area contributed by atoms with Gasteiger partial charge in [-0.3, -0.25) is 0 Å². The number of rotatable bonds is 3. The predicted molar refractivity (Wildman–Crippen MR) is 63.8 cm³/mol. The number of alkyl halides is 3. The van der Waals surface area contributed by atoms with E-state index in [4.69, 9.17) is 9.63 Å². The van der Waals surface area contributed by atoms with Crippen LogP contribution in [0.4, 0.5) is 13.2 Å². The first-order chi connectivity index (χ1) is 8.89. The lowest BCUT2D eigenvalue weighted by molar-refractivity contribution is -0.210. The average molecular weight is 296 g/mol. The van der Waals surface area contributed by atoms with Gasteiger partial charge < -0.3 is 9.63 Å². The highest BCUT2D eigenvalue weighted by molar-refractivity contribution is 7.99. The first-order valence-electron chi connectivity index (χ1n) is 6.09. The molecule has 0 aliphatic carbocycles. The average Bonchev–Trinajstić information content (AvgIpc) is 2.86. The monoisotopic (exact) mass is 296 g/mol. The Hall–Kier alpha value is -0.760. The van der Waals surface area contributed by atoms with Crippen molar-refractivity contribution in [2.24, 2.45) is 0 Å². The number of halogens is 3. The third-order valence-electron chi connectivity index (χ3n) is 3.12. The van der Waals surface area contributed by atoms with Crippen molar-refractivity contribution in [2.75, 3.05) is 5.75 Å². The lowest BCUT2D eigenvalue weighted by atomic mass is 10.0. The molecule has 108 valence electrons. The van der Waals surface area contributed by atoms with Gasteiger partial charge in [0.05, 0.1) is 11.2 Å². The van der Waals surface area contributed by atoms with E-state index in [9.17, 15) is 13.2 Å². The number of aromatic nitrogens is 2.